The highest BCUT2D eigenvalue weighted by atomic mass is 16.1. The summed E-state index contributed by atoms with van der Waals surface area (Å²) in [7, 11) is 0. The monoisotopic (exact) mass is 351 g/mol. The Morgan fingerprint density at radius 3 is 2.23 bits per heavy atom. The molecular formula is C22H29N3O. The minimum atomic E-state index is -0.126. The van der Waals surface area contributed by atoms with Gasteiger partial charge in [0.1, 0.15) is 0 Å². The van der Waals surface area contributed by atoms with E-state index in [0.717, 1.165) is 30.8 Å². The fraction of sp³-hybridized carbons (Fsp3) is 0.455. The van der Waals surface area contributed by atoms with Crippen LogP contribution < -0.4 is 5.32 Å². The number of amides is 1. The van der Waals surface area contributed by atoms with Gasteiger partial charge in [0.05, 0.1) is 6.04 Å². The second kappa shape index (κ2) is 10.1. The zero-order valence-corrected chi connectivity index (χ0v) is 15.4. The Bertz CT molecular complexity index is 612. The third-order valence-electron chi connectivity index (χ3n) is 5.08. The molecule has 2 heterocycles. The van der Waals surface area contributed by atoms with Crippen LogP contribution in [0.2, 0.25) is 0 Å². The van der Waals surface area contributed by atoms with Crippen LogP contribution in [0, 0.1) is 0 Å². The van der Waals surface area contributed by atoms with E-state index in [1.54, 1.807) is 12.4 Å². The number of carbonyl (C=O) groups is 1. The highest BCUT2D eigenvalue weighted by molar-refractivity contribution is 5.77. The van der Waals surface area contributed by atoms with Gasteiger partial charge < -0.3 is 10.2 Å². The molecule has 1 fully saturated rings. The molecule has 26 heavy (non-hydrogen) atoms. The lowest BCUT2D eigenvalue weighted by Crippen LogP contribution is -2.34. The van der Waals surface area contributed by atoms with Gasteiger partial charge in [-0.1, -0.05) is 49.6 Å². The maximum atomic E-state index is 12.6. The number of rotatable bonds is 6. The molecule has 4 nitrogen and oxygen atoms in total. The van der Waals surface area contributed by atoms with Gasteiger partial charge in [-0.3, -0.25) is 9.78 Å². The first-order chi connectivity index (χ1) is 12.8. The van der Waals surface area contributed by atoms with Crippen molar-refractivity contribution in [2.24, 2.45) is 0 Å². The zero-order chi connectivity index (χ0) is 18.0. The van der Waals surface area contributed by atoms with Crippen LogP contribution in [-0.4, -0.2) is 35.4 Å². The first-order valence-corrected chi connectivity index (χ1v) is 9.79. The van der Waals surface area contributed by atoms with Crippen LogP contribution in [0.4, 0.5) is 0 Å². The van der Waals surface area contributed by atoms with Crippen molar-refractivity contribution in [2.45, 2.75) is 44.6 Å². The van der Waals surface area contributed by atoms with E-state index >= 15 is 0 Å². The first-order valence-electron chi connectivity index (χ1n) is 9.79. The molecule has 1 aromatic carbocycles. The molecule has 1 amide bonds. The summed E-state index contributed by atoms with van der Waals surface area (Å²) in [5, 5.41) is 3.22. The lowest BCUT2D eigenvalue weighted by molar-refractivity contribution is -0.122. The maximum Gasteiger partial charge on any atom is 0.222 e. The second-order valence-electron chi connectivity index (χ2n) is 7.05. The molecule has 1 aliphatic heterocycles. The second-order valence-corrected chi connectivity index (χ2v) is 7.05. The van der Waals surface area contributed by atoms with Crippen LogP contribution in [0.3, 0.4) is 0 Å². The number of hydrogen-bond acceptors (Lipinski definition) is 3. The van der Waals surface area contributed by atoms with Crippen molar-refractivity contribution in [2.75, 3.05) is 19.6 Å². The molecule has 0 bridgehead atoms. The van der Waals surface area contributed by atoms with Gasteiger partial charge in [-0.15, -0.1) is 0 Å². The van der Waals surface area contributed by atoms with Crippen LogP contribution in [0.5, 0.6) is 0 Å². The van der Waals surface area contributed by atoms with Crippen LogP contribution in [0.1, 0.15) is 55.7 Å². The Kier molecular flexibility index (Phi) is 7.20. The number of benzene rings is 1. The van der Waals surface area contributed by atoms with E-state index in [2.05, 4.69) is 27.3 Å². The lowest BCUT2D eigenvalue weighted by atomic mass is 9.99. The van der Waals surface area contributed by atoms with E-state index in [0.29, 0.717) is 6.42 Å². The molecule has 138 valence electrons. The van der Waals surface area contributed by atoms with E-state index in [-0.39, 0.29) is 11.9 Å². The number of nitrogens with zero attached hydrogens (tertiary/aromatic N) is 2. The largest absolute Gasteiger partial charge is 0.345 e. The molecule has 1 saturated heterocycles. The van der Waals surface area contributed by atoms with Gasteiger partial charge in [0.15, 0.2) is 0 Å². The number of carbonyl (C=O) groups excluding carboxylic acids is 1. The standard InChI is InChI=1S/C22H29N3O/c26-21(13-18-25-16-7-2-1-3-8-17-25)24-22(19-9-5-4-6-10-19)20-11-14-23-15-12-20/h4-6,9-12,14-15,22H,1-3,7-8,13,16-18H2,(H,24,26)/t22-/m0/s1. The number of pyridine rings is 1. The minimum Gasteiger partial charge on any atom is -0.345 e. The summed E-state index contributed by atoms with van der Waals surface area (Å²) in [5.74, 6) is 0.109. The van der Waals surface area contributed by atoms with Crippen LogP contribution in [0.25, 0.3) is 0 Å². The molecule has 0 radical (unpaired) electrons. The highest BCUT2D eigenvalue weighted by Crippen LogP contribution is 2.21. The van der Waals surface area contributed by atoms with Gasteiger partial charge in [0, 0.05) is 25.4 Å². The Morgan fingerprint density at radius 2 is 1.54 bits per heavy atom. The number of likely N-dealkylation sites (tertiary alicyclic amines) is 1. The molecule has 0 aliphatic carbocycles. The summed E-state index contributed by atoms with van der Waals surface area (Å²) < 4.78 is 0. The van der Waals surface area contributed by atoms with Gasteiger partial charge in [0.25, 0.3) is 0 Å². The third-order valence-corrected chi connectivity index (χ3v) is 5.08. The smallest absolute Gasteiger partial charge is 0.222 e. The SMILES string of the molecule is O=C(CCN1CCCCCCC1)N[C@@H](c1ccccc1)c1ccncc1. The van der Waals surface area contributed by atoms with Gasteiger partial charge in [-0.2, -0.15) is 0 Å². The molecule has 1 aliphatic rings. The van der Waals surface area contributed by atoms with E-state index in [1.807, 2.05) is 30.3 Å². The molecule has 4 heteroatoms. The first kappa shape index (κ1) is 18.6. The molecule has 0 saturated carbocycles. The maximum absolute atomic E-state index is 12.6. The quantitative estimate of drug-likeness (QED) is 0.857. The predicted molar refractivity (Wildman–Crippen MR) is 105 cm³/mol. The van der Waals surface area contributed by atoms with E-state index in [4.69, 9.17) is 0 Å². The molecular weight excluding hydrogens is 322 g/mol. The van der Waals surface area contributed by atoms with Crippen LogP contribution >= 0.6 is 0 Å². The molecule has 1 atom stereocenters. The molecule has 1 N–H and O–H groups in total. The summed E-state index contributed by atoms with van der Waals surface area (Å²) in [4.78, 5) is 19.2. The van der Waals surface area contributed by atoms with Gasteiger partial charge in [0.2, 0.25) is 5.91 Å². The normalized spacial score (nSPS) is 17.1. The number of hydrogen-bond donors (Lipinski definition) is 1. The molecule has 1 aromatic heterocycles. The number of aromatic nitrogens is 1. The Morgan fingerprint density at radius 1 is 0.923 bits per heavy atom. The van der Waals surface area contributed by atoms with Gasteiger partial charge >= 0.3 is 0 Å². The third kappa shape index (κ3) is 5.67. The Hall–Kier alpha value is -2.20. The van der Waals surface area contributed by atoms with E-state index in [9.17, 15) is 4.79 Å². The van der Waals surface area contributed by atoms with Crippen molar-refractivity contribution in [3.05, 3.63) is 66.0 Å². The molecule has 0 unspecified atom stereocenters. The number of nitrogens with one attached hydrogen (secondary N) is 1. The van der Waals surface area contributed by atoms with Crippen LogP contribution in [0.15, 0.2) is 54.9 Å². The van der Waals surface area contributed by atoms with E-state index in [1.165, 1.54) is 32.1 Å². The fourth-order valence-corrected chi connectivity index (χ4v) is 3.59. The summed E-state index contributed by atoms with van der Waals surface area (Å²) in [5.41, 5.74) is 2.16. The van der Waals surface area contributed by atoms with Crippen molar-refractivity contribution < 1.29 is 4.79 Å². The van der Waals surface area contributed by atoms with Gasteiger partial charge in [-0.25, -0.2) is 0 Å². The molecule has 3 rings (SSSR count). The van der Waals surface area contributed by atoms with Crippen molar-refractivity contribution in [3.8, 4) is 0 Å². The summed E-state index contributed by atoms with van der Waals surface area (Å²) >= 11 is 0. The predicted octanol–water partition coefficient (Wildman–Crippen LogP) is 3.94. The lowest BCUT2D eigenvalue weighted by Gasteiger charge is -2.25. The molecule has 0 spiro atoms. The average molecular weight is 351 g/mol. The van der Waals surface area contributed by atoms with Crippen molar-refractivity contribution in [1.82, 2.24) is 15.2 Å². The average Bonchev–Trinajstić information content (AvgIpc) is 2.66. The topological polar surface area (TPSA) is 45.2 Å². The summed E-state index contributed by atoms with van der Waals surface area (Å²) in [6.07, 6.45) is 10.6. The fourth-order valence-electron chi connectivity index (χ4n) is 3.59. The van der Waals surface area contributed by atoms with Gasteiger partial charge in [-0.05, 0) is 49.2 Å². The Labute approximate surface area is 156 Å². The van der Waals surface area contributed by atoms with E-state index < -0.39 is 0 Å². The summed E-state index contributed by atoms with van der Waals surface area (Å²) in [6.45, 7) is 3.10. The zero-order valence-electron chi connectivity index (χ0n) is 15.4. The highest BCUT2D eigenvalue weighted by Gasteiger charge is 2.17. The Balaban J connectivity index is 1.60. The molecule has 2 aromatic rings. The summed E-state index contributed by atoms with van der Waals surface area (Å²) in [6, 6.07) is 13.9. The van der Waals surface area contributed by atoms with Crippen LogP contribution in [-0.2, 0) is 4.79 Å². The van der Waals surface area contributed by atoms with Crippen molar-refractivity contribution in [1.29, 1.82) is 0 Å². The minimum absolute atomic E-state index is 0.109. The van der Waals surface area contributed by atoms with Crippen molar-refractivity contribution >= 4 is 5.91 Å². The van der Waals surface area contributed by atoms with Crippen molar-refractivity contribution in [3.63, 3.8) is 0 Å².